The van der Waals surface area contributed by atoms with Crippen molar-refractivity contribution >= 4 is 17.6 Å². The van der Waals surface area contributed by atoms with Gasteiger partial charge in [0.1, 0.15) is 5.84 Å². The molecule has 1 saturated carbocycles. The summed E-state index contributed by atoms with van der Waals surface area (Å²) in [6.07, 6.45) is 11.0. The number of nitrogens with zero attached hydrogens (tertiary/aromatic N) is 1. The monoisotopic (exact) mass is 229 g/mol. The first-order valence-electron chi connectivity index (χ1n) is 5.89. The van der Waals surface area contributed by atoms with E-state index < -0.39 is 0 Å². The van der Waals surface area contributed by atoms with Gasteiger partial charge in [-0.1, -0.05) is 25.7 Å². The van der Waals surface area contributed by atoms with Crippen LogP contribution in [0.25, 0.3) is 0 Å². The van der Waals surface area contributed by atoms with Crippen molar-refractivity contribution in [3.05, 3.63) is 0 Å². The maximum Gasteiger partial charge on any atom is 0.111 e. The Balaban J connectivity index is 2.40. The standard InChI is InChI=1S/C11H23N3S/c1-15-9-8-11(14-12)13-10-6-4-2-3-5-7-10/h10H,2-9,12H2,1H3,(H,13,14). The number of hydrazine groups is 1. The van der Waals surface area contributed by atoms with Gasteiger partial charge in [0.05, 0.1) is 6.04 Å². The first kappa shape index (κ1) is 12.8. The average Bonchev–Trinajstić information content (AvgIpc) is 2.52. The molecule has 0 radical (unpaired) electrons. The highest BCUT2D eigenvalue weighted by molar-refractivity contribution is 7.98. The smallest absolute Gasteiger partial charge is 0.111 e. The molecule has 4 heteroatoms. The highest BCUT2D eigenvalue weighted by Gasteiger charge is 2.11. The highest BCUT2D eigenvalue weighted by Crippen LogP contribution is 2.20. The number of hydrogen-bond acceptors (Lipinski definition) is 3. The van der Waals surface area contributed by atoms with Crippen molar-refractivity contribution in [2.45, 2.75) is 51.0 Å². The lowest BCUT2D eigenvalue weighted by Gasteiger charge is -2.12. The Morgan fingerprint density at radius 1 is 1.33 bits per heavy atom. The van der Waals surface area contributed by atoms with E-state index in [1.165, 1.54) is 38.5 Å². The predicted octanol–water partition coefficient (Wildman–Crippen LogP) is 2.32. The van der Waals surface area contributed by atoms with Crippen molar-refractivity contribution in [3.8, 4) is 0 Å². The quantitative estimate of drug-likeness (QED) is 0.256. The van der Waals surface area contributed by atoms with Gasteiger partial charge in [0.15, 0.2) is 0 Å². The zero-order valence-corrected chi connectivity index (χ0v) is 10.5. The minimum atomic E-state index is 0.514. The van der Waals surface area contributed by atoms with Crippen LogP contribution in [0.5, 0.6) is 0 Å². The van der Waals surface area contributed by atoms with Crippen molar-refractivity contribution in [1.29, 1.82) is 0 Å². The Morgan fingerprint density at radius 2 is 2.00 bits per heavy atom. The van der Waals surface area contributed by atoms with Crippen LogP contribution < -0.4 is 11.3 Å². The van der Waals surface area contributed by atoms with E-state index in [-0.39, 0.29) is 0 Å². The summed E-state index contributed by atoms with van der Waals surface area (Å²) in [4.78, 5) is 4.72. The van der Waals surface area contributed by atoms with Gasteiger partial charge < -0.3 is 5.43 Å². The molecule has 0 bridgehead atoms. The Morgan fingerprint density at radius 3 is 2.53 bits per heavy atom. The lowest BCUT2D eigenvalue weighted by molar-refractivity contribution is 0.581. The van der Waals surface area contributed by atoms with E-state index in [4.69, 9.17) is 10.8 Å². The van der Waals surface area contributed by atoms with E-state index in [0.29, 0.717) is 6.04 Å². The number of amidine groups is 1. The average molecular weight is 229 g/mol. The molecule has 1 aliphatic carbocycles. The van der Waals surface area contributed by atoms with Gasteiger partial charge in [-0.25, -0.2) is 5.84 Å². The molecule has 15 heavy (non-hydrogen) atoms. The Labute approximate surface area is 97.3 Å². The molecule has 0 unspecified atom stereocenters. The minimum Gasteiger partial charge on any atom is -0.312 e. The second-order valence-corrected chi connectivity index (χ2v) is 5.09. The summed E-state index contributed by atoms with van der Waals surface area (Å²) in [6, 6.07) is 0.514. The summed E-state index contributed by atoms with van der Waals surface area (Å²) in [5.74, 6) is 7.56. The molecule has 0 atom stereocenters. The molecule has 0 spiro atoms. The summed E-state index contributed by atoms with van der Waals surface area (Å²) < 4.78 is 0. The second kappa shape index (κ2) is 7.99. The molecule has 1 fully saturated rings. The third kappa shape index (κ3) is 5.42. The second-order valence-electron chi connectivity index (χ2n) is 4.11. The Hall–Kier alpha value is -0.220. The number of nitrogens with one attached hydrogen (secondary N) is 1. The van der Waals surface area contributed by atoms with Crippen LogP contribution in [0, 0.1) is 0 Å². The van der Waals surface area contributed by atoms with Crippen LogP contribution in [0.1, 0.15) is 44.9 Å². The van der Waals surface area contributed by atoms with Gasteiger partial charge in [0.2, 0.25) is 0 Å². The maximum atomic E-state index is 5.48. The Kier molecular flexibility index (Phi) is 6.85. The number of rotatable bonds is 4. The van der Waals surface area contributed by atoms with E-state index in [9.17, 15) is 0 Å². The molecule has 1 rings (SSSR count). The van der Waals surface area contributed by atoms with Crippen molar-refractivity contribution < 1.29 is 0 Å². The number of aliphatic imine (C=N–C) groups is 1. The van der Waals surface area contributed by atoms with E-state index in [2.05, 4.69) is 11.7 Å². The zero-order chi connectivity index (χ0) is 10.9. The van der Waals surface area contributed by atoms with E-state index >= 15 is 0 Å². The number of thioether (sulfide) groups is 1. The third-order valence-corrected chi connectivity index (χ3v) is 3.49. The highest BCUT2D eigenvalue weighted by atomic mass is 32.2. The normalized spacial score (nSPS) is 20.0. The van der Waals surface area contributed by atoms with Crippen LogP contribution in [0.15, 0.2) is 4.99 Å². The molecular weight excluding hydrogens is 206 g/mol. The fourth-order valence-electron chi connectivity index (χ4n) is 1.98. The maximum absolute atomic E-state index is 5.48. The van der Waals surface area contributed by atoms with Gasteiger partial charge >= 0.3 is 0 Å². The molecular formula is C11H23N3S. The molecule has 3 nitrogen and oxygen atoms in total. The van der Waals surface area contributed by atoms with Crippen molar-refractivity contribution in [2.75, 3.05) is 12.0 Å². The van der Waals surface area contributed by atoms with Gasteiger partial charge in [-0.05, 0) is 19.1 Å². The molecule has 0 amide bonds. The summed E-state index contributed by atoms with van der Waals surface area (Å²) in [5.41, 5.74) is 2.74. The predicted molar refractivity (Wildman–Crippen MR) is 69.2 cm³/mol. The Bertz CT molecular complexity index is 186. The molecule has 1 aliphatic rings. The fraction of sp³-hybridized carbons (Fsp3) is 0.909. The molecule has 0 aromatic carbocycles. The summed E-state index contributed by atoms with van der Waals surface area (Å²) in [7, 11) is 0. The summed E-state index contributed by atoms with van der Waals surface area (Å²) in [6.45, 7) is 0. The van der Waals surface area contributed by atoms with Gasteiger partial charge in [0.25, 0.3) is 0 Å². The molecule has 0 saturated heterocycles. The van der Waals surface area contributed by atoms with E-state index in [0.717, 1.165) is 18.0 Å². The van der Waals surface area contributed by atoms with E-state index in [1.54, 1.807) is 0 Å². The molecule has 0 aromatic rings. The molecule has 0 heterocycles. The van der Waals surface area contributed by atoms with Gasteiger partial charge in [-0.3, -0.25) is 4.99 Å². The van der Waals surface area contributed by atoms with Gasteiger partial charge in [-0.15, -0.1) is 0 Å². The van der Waals surface area contributed by atoms with Crippen molar-refractivity contribution in [2.24, 2.45) is 10.8 Å². The first-order valence-corrected chi connectivity index (χ1v) is 7.28. The lowest BCUT2D eigenvalue weighted by atomic mass is 10.1. The largest absolute Gasteiger partial charge is 0.312 e. The minimum absolute atomic E-state index is 0.514. The van der Waals surface area contributed by atoms with Crippen LogP contribution >= 0.6 is 11.8 Å². The van der Waals surface area contributed by atoms with E-state index in [1.807, 2.05) is 11.8 Å². The number of nitrogens with two attached hydrogens (primary N) is 1. The van der Waals surface area contributed by atoms with Crippen LogP contribution in [-0.2, 0) is 0 Å². The van der Waals surface area contributed by atoms with Gasteiger partial charge in [-0.2, -0.15) is 11.8 Å². The van der Waals surface area contributed by atoms with Crippen molar-refractivity contribution in [3.63, 3.8) is 0 Å². The molecule has 0 aliphatic heterocycles. The van der Waals surface area contributed by atoms with Crippen molar-refractivity contribution in [1.82, 2.24) is 5.43 Å². The third-order valence-electron chi connectivity index (χ3n) is 2.87. The number of hydrogen-bond donors (Lipinski definition) is 2. The van der Waals surface area contributed by atoms with Crippen LogP contribution in [0.2, 0.25) is 0 Å². The summed E-state index contributed by atoms with van der Waals surface area (Å²) >= 11 is 1.84. The molecule has 0 aromatic heterocycles. The molecule has 88 valence electrons. The lowest BCUT2D eigenvalue weighted by Crippen LogP contribution is -2.32. The summed E-state index contributed by atoms with van der Waals surface area (Å²) in [5, 5.41) is 0. The SMILES string of the molecule is CSCCC(=NC1CCCCCC1)NN. The van der Waals surface area contributed by atoms with Crippen LogP contribution in [-0.4, -0.2) is 23.9 Å². The fourth-order valence-corrected chi connectivity index (χ4v) is 2.38. The molecule has 3 N–H and O–H groups in total. The van der Waals surface area contributed by atoms with Crippen LogP contribution in [0.3, 0.4) is 0 Å². The zero-order valence-electron chi connectivity index (χ0n) is 9.67. The van der Waals surface area contributed by atoms with Gasteiger partial charge in [0, 0.05) is 12.2 Å². The van der Waals surface area contributed by atoms with Crippen LogP contribution in [0.4, 0.5) is 0 Å². The first-order chi connectivity index (χ1) is 7.36. The topological polar surface area (TPSA) is 50.4 Å².